The van der Waals surface area contributed by atoms with Crippen molar-refractivity contribution in [3.05, 3.63) is 0 Å². The van der Waals surface area contributed by atoms with Gasteiger partial charge in [0, 0.05) is 13.6 Å². The van der Waals surface area contributed by atoms with Gasteiger partial charge >= 0.3 is 5.97 Å². The third-order valence-electron chi connectivity index (χ3n) is 1.71. The summed E-state index contributed by atoms with van der Waals surface area (Å²) in [5.74, 6) is -1.03. The molecule has 5 nitrogen and oxygen atoms in total. The Kier molecular flexibility index (Phi) is 4.40. The van der Waals surface area contributed by atoms with Gasteiger partial charge in [-0.3, -0.25) is 9.59 Å². The Labute approximate surface area is 77.5 Å². The molecule has 0 bridgehead atoms. The quantitative estimate of drug-likeness (QED) is 0.540. The zero-order chi connectivity index (χ0) is 10.5. The number of nitrogens with one attached hydrogen (secondary N) is 2. The minimum Gasteiger partial charge on any atom is -0.481 e. The van der Waals surface area contributed by atoms with Gasteiger partial charge in [0.2, 0.25) is 5.91 Å². The fourth-order valence-electron chi connectivity index (χ4n) is 0.653. The van der Waals surface area contributed by atoms with Crippen molar-refractivity contribution in [3.63, 3.8) is 0 Å². The van der Waals surface area contributed by atoms with Crippen LogP contribution < -0.4 is 10.6 Å². The van der Waals surface area contributed by atoms with Gasteiger partial charge in [-0.15, -0.1) is 0 Å². The van der Waals surface area contributed by atoms with Gasteiger partial charge in [-0.1, -0.05) is 0 Å². The molecule has 0 aliphatic rings. The SMILES string of the molecule is CNC(=O)CNCC(C)(C)C(=O)O. The molecule has 0 heterocycles. The van der Waals surface area contributed by atoms with Crippen LogP contribution >= 0.6 is 0 Å². The summed E-state index contributed by atoms with van der Waals surface area (Å²) >= 11 is 0. The van der Waals surface area contributed by atoms with Crippen LogP contribution in [0.2, 0.25) is 0 Å². The fourth-order valence-corrected chi connectivity index (χ4v) is 0.653. The number of hydrogen-bond acceptors (Lipinski definition) is 3. The van der Waals surface area contributed by atoms with E-state index < -0.39 is 11.4 Å². The Balaban J connectivity index is 3.76. The minimum absolute atomic E-state index is 0.146. The van der Waals surface area contributed by atoms with Gasteiger partial charge in [-0.2, -0.15) is 0 Å². The molecule has 0 aliphatic heterocycles. The summed E-state index contributed by atoms with van der Waals surface area (Å²) in [6, 6.07) is 0. The average molecular weight is 188 g/mol. The standard InChI is InChI=1S/C8H16N2O3/c1-8(2,7(12)13)5-10-4-6(11)9-3/h10H,4-5H2,1-3H3,(H,9,11)(H,12,13). The Hall–Kier alpha value is -1.10. The van der Waals surface area contributed by atoms with E-state index in [4.69, 9.17) is 5.11 Å². The van der Waals surface area contributed by atoms with Crippen molar-refractivity contribution in [2.75, 3.05) is 20.1 Å². The first-order chi connectivity index (χ1) is 5.90. The monoisotopic (exact) mass is 188 g/mol. The van der Waals surface area contributed by atoms with Crippen molar-refractivity contribution in [2.24, 2.45) is 5.41 Å². The highest BCUT2D eigenvalue weighted by Gasteiger charge is 2.26. The molecule has 76 valence electrons. The first kappa shape index (κ1) is 11.9. The third kappa shape index (κ3) is 4.47. The van der Waals surface area contributed by atoms with Crippen LogP contribution in [0.1, 0.15) is 13.8 Å². The van der Waals surface area contributed by atoms with Crippen LogP contribution in [0.25, 0.3) is 0 Å². The second-order valence-electron chi connectivity index (χ2n) is 3.47. The molecule has 5 heteroatoms. The van der Waals surface area contributed by atoms with Crippen LogP contribution in [0.15, 0.2) is 0 Å². The Morgan fingerprint density at radius 1 is 1.38 bits per heavy atom. The number of carboxylic acids is 1. The van der Waals surface area contributed by atoms with Crippen molar-refractivity contribution in [3.8, 4) is 0 Å². The van der Waals surface area contributed by atoms with Gasteiger partial charge in [0.1, 0.15) is 0 Å². The van der Waals surface area contributed by atoms with E-state index in [9.17, 15) is 9.59 Å². The molecular formula is C8H16N2O3. The highest BCUT2D eigenvalue weighted by molar-refractivity contribution is 5.78. The van der Waals surface area contributed by atoms with Crippen molar-refractivity contribution in [1.29, 1.82) is 0 Å². The summed E-state index contributed by atoms with van der Waals surface area (Å²) in [5.41, 5.74) is -0.839. The third-order valence-corrected chi connectivity index (χ3v) is 1.71. The van der Waals surface area contributed by atoms with E-state index in [1.165, 1.54) is 7.05 Å². The summed E-state index contributed by atoms with van der Waals surface area (Å²) in [5, 5.41) is 13.9. The van der Waals surface area contributed by atoms with Crippen LogP contribution in [0, 0.1) is 5.41 Å². The Morgan fingerprint density at radius 3 is 2.31 bits per heavy atom. The molecule has 0 radical (unpaired) electrons. The zero-order valence-electron chi connectivity index (χ0n) is 8.18. The maximum atomic E-state index is 10.7. The molecule has 0 fully saturated rings. The second kappa shape index (κ2) is 4.81. The van der Waals surface area contributed by atoms with Crippen LogP contribution in [0.5, 0.6) is 0 Å². The van der Waals surface area contributed by atoms with E-state index in [1.54, 1.807) is 13.8 Å². The van der Waals surface area contributed by atoms with Gasteiger partial charge in [0.15, 0.2) is 0 Å². The van der Waals surface area contributed by atoms with E-state index in [1.807, 2.05) is 0 Å². The summed E-state index contributed by atoms with van der Waals surface area (Å²) in [6.45, 7) is 3.63. The van der Waals surface area contributed by atoms with E-state index in [2.05, 4.69) is 10.6 Å². The first-order valence-corrected chi connectivity index (χ1v) is 4.05. The van der Waals surface area contributed by atoms with Gasteiger partial charge in [-0.05, 0) is 13.8 Å². The van der Waals surface area contributed by atoms with Crippen molar-refractivity contribution < 1.29 is 14.7 Å². The van der Waals surface area contributed by atoms with E-state index in [0.717, 1.165) is 0 Å². The number of carbonyl (C=O) groups excluding carboxylic acids is 1. The number of likely N-dealkylation sites (N-methyl/N-ethyl adjacent to an activating group) is 1. The highest BCUT2D eigenvalue weighted by atomic mass is 16.4. The van der Waals surface area contributed by atoms with Gasteiger partial charge in [0.25, 0.3) is 0 Å². The van der Waals surface area contributed by atoms with Crippen LogP contribution in [-0.4, -0.2) is 37.1 Å². The van der Waals surface area contributed by atoms with Gasteiger partial charge < -0.3 is 15.7 Å². The molecule has 0 unspecified atom stereocenters. The van der Waals surface area contributed by atoms with Crippen LogP contribution in [0.3, 0.4) is 0 Å². The summed E-state index contributed by atoms with van der Waals surface area (Å²) < 4.78 is 0. The van der Waals surface area contributed by atoms with E-state index in [-0.39, 0.29) is 19.0 Å². The smallest absolute Gasteiger partial charge is 0.310 e. The molecule has 1 amide bonds. The molecule has 0 aromatic heterocycles. The molecule has 0 saturated carbocycles. The largest absolute Gasteiger partial charge is 0.481 e. The topological polar surface area (TPSA) is 78.4 Å². The van der Waals surface area contributed by atoms with Crippen molar-refractivity contribution in [1.82, 2.24) is 10.6 Å². The predicted molar refractivity (Wildman–Crippen MR) is 48.4 cm³/mol. The summed E-state index contributed by atoms with van der Waals surface area (Å²) in [7, 11) is 1.53. The number of carboxylic acid groups (broad SMARTS) is 1. The molecule has 0 rings (SSSR count). The van der Waals surface area contributed by atoms with Crippen molar-refractivity contribution >= 4 is 11.9 Å². The lowest BCUT2D eigenvalue weighted by molar-refractivity contribution is -0.146. The maximum Gasteiger partial charge on any atom is 0.310 e. The molecule has 3 N–H and O–H groups in total. The lowest BCUT2D eigenvalue weighted by Crippen LogP contribution is -2.40. The normalized spacial score (nSPS) is 11.0. The molecule has 0 aromatic carbocycles. The molecule has 0 atom stereocenters. The highest BCUT2D eigenvalue weighted by Crippen LogP contribution is 2.12. The summed E-state index contributed by atoms with van der Waals surface area (Å²) in [4.78, 5) is 21.4. The molecule has 0 aromatic rings. The minimum atomic E-state index is -0.878. The summed E-state index contributed by atoms with van der Waals surface area (Å²) in [6.07, 6.45) is 0. The predicted octanol–water partition coefficient (Wildman–Crippen LogP) is -0.567. The maximum absolute atomic E-state index is 10.7. The molecule has 0 aliphatic carbocycles. The molecule has 0 saturated heterocycles. The second-order valence-corrected chi connectivity index (χ2v) is 3.47. The molecular weight excluding hydrogens is 172 g/mol. The number of aliphatic carboxylic acids is 1. The first-order valence-electron chi connectivity index (χ1n) is 4.05. The van der Waals surface area contributed by atoms with Gasteiger partial charge in [-0.25, -0.2) is 0 Å². The molecule has 0 spiro atoms. The van der Waals surface area contributed by atoms with E-state index >= 15 is 0 Å². The number of rotatable bonds is 5. The lowest BCUT2D eigenvalue weighted by atomic mass is 9.94. The zero-order valence-corrected chi connectivity index (χ0v) is 8.18. The van der Waals surface area contributed by atoms with Crippen LogP contribution in [0.4, 0.5) is 0 Å². The molecule has 13 heavy (non-hydrogen) atoms. The van der Waals surface area contributed by atoms with Crippen LogP contribution in [-0.2, 0) is 9.59 Å². The number of carbonyl (C=O) groups is 2. The number of amides is 1. The Morgan fingerprint density at radius 2 is 1.92 bits per heavy atom. The fraction of sp³-hybridized carbons (Fsp3) is 0.750. The number of hydrogen-bond donors (Lipinski definition) is 3. The average Bonchev–Trinajstić information content (AvgIpc) is 2.03. The lowest BCUT2D eigenvalue weighted by Gasteiger charge is -2.18. The van der Waals surface area contributed by atoms with E-state index in [0.29, 0.717) is 0 Å². The van der Waals surface area contributed by atoms with Gasteiger partial charge in [0.05, 0.1) is 12.0 Å². The van der Waals surface area contributed by atoms with Crippen molar-refractivity contribution in [2.45, 2.75) is 13.8 Å². The Bertz CT molecular complexity index is 202.